The molecule has 2 rings (SSSR count). The Morgan fingerprint density at radius 1 is 1.00 bits per heavy atom. The van der Waals surface area contributed by atoms with Crippen molar-refractivity contribution in [2.75, 3.05) is 21.3 Å². The van der Waals surface area contributed by atoms with Crippen LogP contribution in [0.15, 0.2) is 17.7 Å². The summed E-state index contributed by atoms with van der Waals surface area (Å²) in [6, 6.07) is 3.69. The van der Waals surface area contributed by atoms with E-state index >= 15 is 0 Å². The minimum atomic E-state index is 0.230. The summed E-state index contributed by atoms with van der Waals surface area (Å²) < 4.78 is 15.8. The zero-order chi connectivity index (χ0) is 13.8. The van der Waals surface area contributed by atoms with Gasteiger partial charge in [-0.1, -0.05) is 0 Å². The van der Waals surface area contributed by atoms with Gasteiger partial charge in [-0.05, 0) is 42.2 Å². The summed E-state index contributed by atoms with van der Waals surface area (Å²) in [7, 11) is 4.73. The summed E-state index contributed by atoms with van der Waals surface area (Å²) in [6.45, 7) is 0. The summed E-state index contributed by atoms with van der Waals surface area (Å²) in [5, 5.41) is 0. The summed E-state index contributed by atoms with van der Waals surface area (Å²) in [5.41, 5.74) is 1.76. The number of ether oxygens (including phenoxy) is 3. The van der Waals surface area contributed by atoms with Gasteiger partial charge in [-0.15, -0.1) is 0 Å². The Kier molecular flexibility index (Phi) is 4.10. The second-order valence-corrected chi connectivity index (χ2v) is 4.40. The minimum absolute atomic E-state index is 0.230. The van der Waals surface area contributed by atoms with Gasteiger partial charge in [0.25, 0.3) is 0 Å². The molecular formula is C15H18O4. The fourth-order valence-electron chi connectivity index (χ4n) is 2.28. The lowest BCUT2D eigenvalue weighted by molar-refractivity contribution is -0.114. The molecule has 0 bridgehead atoms. The number of carbonyl (C=O) groups is 1. The maximum atomic E-state index is 11.7. The Labute approximate surface area is 113 Å². The Bertz CT molecular complexity index is 492. The Balaban J connectivity index is 2.44. The highest BCUT2D eigenvalue weighted by molar-refractivity contribution is 6.01. The number of rotatable bonds is 4. The summed E-state index contributed by atoms with van der Waals surface area (Å²) in [5.74, 6) is 1.98. The third kappa shape index (κ3) is 2.72. The molecule has 0 aliphatic heterocycles. The number of ketones is 1. The molecule has 0 amide bonds. The molecular weight excluding hydrogens is 244 g/mol. The van der Waals surface area contributed by atoms with E-state index in [0.717, 1.165) is 24.0 Å². The molecule has 102 valence electrons. The average molecular weight is 262 g/mol. The predicted octanol–water partition coefficient (Wildman–Crippen LogP) is 2.85. The molecule has 0 spiro atoms. The number of carbonyl (C=O) groups excluding carboxylic acids is 1. The number of hydrogen-bond acceptors (Lipinski definition) is 4. The first-order valence-corrected chi connectivity index (χ1v) is 6.23. The zero-order valence-electron chi connectivity index (χ0n) is 11.5. The summed E-state index contributed by atoms with van der Waals surface area (Å²) >= 11 is 0. The lowest BCUT2D eigenvalue weighted by Gasteiger charge is -2.13. The fraction of sp³-hybridized carbons (Fsp3) is 0.400. The molecule has 0 atom stereocenters. The maximum Gasteiger partial charge on any atom is 0.203 e. The van der Waals surface area contributed by atoms with Gasteiger partial charge in [0.1, 0.15) is 0 Å². The minimum Gasteiger partial charge on any atom is -0.493 e. The second-order valence-electron chi connectivity index (χ2n) is 4.40. The van der Waals surface area contributed by atoms with Crippen molar-refractivity contribution in [3.8, 4) is 17.2 Å². The van der Waals surface area contributed by atoms with Crippen LogP contribution in [0.4, 0.5) is 0 Å². The largest absolute Gasteiger partial charge is 0.493 e. The van der Waals surface area contributed by atoms with Gasteiger partial charge in [0, 0.05) is 6.42 Å². The van der Waals surface area contributed by atoms with Crippen molar-refractivity contribution in [3.63, 3.8) is 0 Å². The first-order valence-electron chi connectivity index (χ1n) is 6.23. The van der Waals surface area contributed by atoms with E-state index in [9.17, 15) is 4.79 Å². The highest BCUT2D eigenvalue weighted by atomic mass is 16.5. The highest BCUT2D eigenvalue weighted by Crippen LogP contribution is 2.39. The van der Waals surface area contributed by atoms with Crippen LogP contribution in [0.5, 0.6) is 17.2 Å². The van der Waals surface area contributed by atoms with E-state index < -0.39 is 0 Å². The maximum absolute atomic E-state index is 11.7. The Hall–Kier alpha value is -1.97. The Morgan fingerprint density at radius 2 is 1.63 bits per heavy atom. The molecule has 19 heavy (non-hydrogen) atoms. The molecule has 1 aromatic carbocycles. The van der Waals surface area contributed by atoms with E-state index in [-0.39, 0.29) is 5.78 Å². The SMILES string of the molecule is COc1cc(/C=C2\CCCC2=O)cc(OC)c1OC. The molecule has 1 saturated carbocycles. The van der Waals surface area contributed by atoms with Crippen LogP contribution < -0.4 is 14.2 Å². The standard InChI is InChI=1S/C15H18O4/c1-17-13-8-10(7-11-5-4-6-12(11)16)9-14(18-2)15(13)19-3/h7-9H,4-6H2,1-3H3/b11-7+. The van der Waals surface area contributed by atoms with Crippen molar-refractivity contribution < 1.29 is 19.0 Å². The van der Waals surface area contributed by atoms with Crippen LogP contribution in [0.25, 0.3) is 6.08 Å². The zero-order valence-corrected chi connectivity index (χ0v) is 11.5. The molecule has 4 nitrogen and oxygen atoms in total. The van der Waals surface area contributed by atoms with E-state index in [0.29, 0.717) is 23.7 Å². The normalized spacial score (nSPS) is 16.8. The molecule has 4 heteroatoms. The van der Waals surface area contributed by atoms with Crippen molar-refractivity contribution in [1.29, 1.82) is 0 Å². The first-order chi connectivity index (χ1) is 9.19. The third-order valence-electron chi connectivity index (χ3n) is 3.24. The van der Waals surface area contributed by atoms with Crippen LogP contribution in [0.3, 0.4) is 0 Å². The summed E-state index contributed by atoms with van der Waals surface area (Å²) in [6.07, 6.45) is 4.33. The van der Waals surface area contributed by atoms with Crippen LogP contribution in [-0.2, 0) is 4.79 Å². The molecule has 1 fully saturated rings. The average Bonchev–Trinajstić information content (AvgIpc) is 2.83. The quantitative estimate of drug-likeness (QED) is 0.783. The van der Waals surface area contributed by atoms with Crippen LogP contribution >= 0.6 is 0 Å². The lowest BCUT2D eigenvalue weighted by Crippen LogP contribution is -1.96. The van der Waals surface area contributed by atoms with Gasteiger partial charge in [-0.2, -0.15) is 0 Å². The van der Waals surface area contributed by atoms with Crippen molar-refractivity contribution in [2.24, 2.45) is 0 Å². The van der Waals surface area contributed by atoms with Crippen molar-refractivity contribution in [1.82, 2.24) is 0 Å². The van der Waals surface area contributed by atoms with E-state index in [2.05, 4.69) is 0 Å². The van der Waals surface area contributed by atoms with Gasteiger partial charge in [0.15, 0.2) is 17.3 Å². The van der Waals surface area contributed by atoms with Gasteiger partial charge in [0.05, 0.1) is 21.3 Å². The van der Waals surface area contributed by atoms with Crippen molar-refractivity contribution in [2.45, 2.75) is 19.3 Å². The smallest absolute Gasteiger partial charge is 0.203 e. The monoisotopic (exact) mass is 262 g/mol. The van der Waals surface area contributed by atoms with Crippen LogP contribution in [0.1, 0.15) is 24.8 Å². The molecule has 1 aliphatic rings. The predicted molar refractivity (Wildman–Crippen MR) is 72.9 cm³/mol. The van der Waals surface area contributed by atoms with Gasteiger partial charge in [-0.25, -0.2) is 0 Å². The lowest BCUT2D eigenvalue weighted by atomic mass is 10.1. The molecule has 0 aromatic heterocycles. The van der Waals surface area contributed by atoms with E-state index in [1.54, 1.807) is 21.3 Å². The van der Waals surface area contributed by atoms with Crippen LogP contribution in [0, 0.1) is 0 Å². The second kappa shape index (κ2) is 5.78. The van der Waals surface area contributed by atoms with Gasteiger partial charge in [-0.3, -0.25) is 4.79 Å². The molecule has 0 heterocycles. The van der Waals surface area contributed by atoms with Crippen LogP contribution in [-0.4, -0.2) is 27.1 Å². The highest BCUT2D eigenvalue weighted by Gasteiger charge is 2.18. The molecule has 0 unspecified atom stereocenters. The number of allylic oxidation sites excluding steroid dienone is 1. The molecule has 1 aliphatic carbocycles. The number of benzene rings is 1. The third-order valence-corrected chi connectivity index (χ3v) is 3.24. The van der Waals surface area contributed by atoms with E-state index in [1.807, 2.05) is 18.2 Å². The molecule has 1 aromatic rings. The Morgan fingerprint density at radius 3 is 2.05 bits per heavy atom. The fourth-order valence-corrected chi connectivity index (χ4v) is 2.28. The topological polar surface area (TPSA) is 44.8 Å². The van der Waals surface area contributed by atoms with Crippen molar-refractivity contribution >= 4 is 11.9 Å². The number of hydrogen-bond donors (Lipinski definition) is 0. The van der Waals surface area contributed by atoms with Crippen molar-refractivity contribution in [3.05, 3.63) is 23.3 Å². The van der Waals surface area contributed by atoms with Gasteiger partial charge >= 0.3 is 0 Å². The molecule has 0 radical (unpaired) electrons. The molecule has 0 saturated heterocycles. The molecule has 0 N–H and O–H groups in total. The van der Waals surface area contributed by atoms with Crippen LogP contribution in [0.2, 0.25) is 0 Å². The summed E-state index contributed by atoms with van der Waals surface area (Å²) in [4.78, 5) is 11.7. The first kappa shape index (κ1) is 13.5. The number of methoxy groups -OCH3 is 3. The van der Waals surface area contributed by atoms with Gasteiger partial charge in [0.2, 0.25) is 5.75 Å². The van der Waals surface area contributed by atoms with E-state index in [1.165, 1.54) is 0 Å². The number of Topliss-reactive ketones (excluding diaryl/α,β-unsaturated/α-hetero) is 1. The van der Waals surface area contributed by atoms with Gasteiger partial charge < -0.3 is 14.2 Å². The van der Waals surface area contributed by atoms with E-state index in [4.69, 9.17) is 14.2 Å².